The average molecular weight is 256 g/mol. The minimum atomic E-state index is -0.666. The molecule has 0 aromatic rings. The molecule has 0 aromatic carbocycles. The van der Waals surface area contributed by atoms with E-state index in [-0.39, 0.29) is 0 Å². The second-order valence-corrected chi connectivity index (χ2v) is 6.89. The van der Waals surface area contributed by atoms with Crippen LogP contribution in [0.2, 0.25) is 0 Å². The molecule has 18 heavy (non-hydrogen) atoms. The molecule has 2 nitrogen and oxygen atoms in total. The van der Waals surface area contributed by atoms with Crippen molar-refractivity contribution in [2.24, 2.45) is 5.41 Å². The lowest BCUT2D eigenvalue weighted by atomic mass is 9.89. The van der Waals surface area contributed by atoms with Gasteiger partial charge < -0.3 is 9.84 Å². The molecule has 2 heteroatoms. The molecular formula is C16H32O2. The number of aliphatic hydroxyl groups excluding tert-OH is 1. The Bertz CT molecular complexity index is 226. The van der Waals surface area contributed by atoms with Crippen molar-refractivity contribution in [1.29, 1.82) is 0 Å². The van der Waals surface area contributed by atoms with Crippen LogP contribution in [0, 0.1) is 5.41 Å². The minimum Gasteiger partial charge on any atom is -0.368 e. The predicted octanol–water partition coefficient (Wildman–Crippen LogP) is 4.67. The summed E-state index contributed by atoms with van der Waals surface area (Å²) < 4.78 is 5.49. The summed E-state index contributed by atoms with van der Waals surface area (Å²) >= 11 is 0. The van der Waals surface area contributed by atoms with Crippen molar-refractivity contribution in [3.05, 3.63) is 12.7 Å². The third kappa shape index (κ3) is 10.8. The normalized spacial score (nSPS) is 14.6. The zero-order valence-electron chi connectivity index (χ0n) is 13.0. The van der Waals surface area contributed by atoms with E-state index in [4.69, 9.17) is 4.74 Å². The lowest BCUT2D eigenvalue weighted by molar-refractivity contribution is -0.157. The van der Waals surface area contributed by atoms with Crippen molar-refractivity contribution < 1.29 is 9.84 Å². The first kappa shape index (κ1) is 17.7. The molecule has 0 saturated heterocycles. The zero-order valence-corrected chi connectivity index (χ0v) is 13.0. The first-order chi connectivity index (χ1) is 8.16. The number of hydrogen-bond donors (Lipinski definition) is 1. The molecule has 0 aliphatic heterocycles. The van der Waals surface area contributed by atoms with Gasteiger partial charge in [0.15, 0.2) is 6.29 Å². The summed E-state index contributed by atoms with van der Waals surface area (Å²) in [5.74, 6) is 0. The Morgan fingerprint density at radius 3 is 2.11 bits per heavy atom. The Hall–Kier alpha value is -0.340. The summed E-state index contributed by atoms with van der Waals surface area (Å²) in [4.78, 5) is 0. The summed E-state index contributed by atoms with van der Waals surface area (Å²) in [5.41, 5.74) is 0.00224. The van der Waals surface area contributed by atoms with Gasteiger partial charge in [0, 0.05) is 0 Å². The first-order valence-electron chi connectivity index (χ1n) is 7.16. The first-order valence-corrected chi connectivity index (χ1v) is 7.16. The van der Waals surface area contributed by atoms with Crippen LogP contribution in [-0.4, -0.2) is 17.0 Å². The molecule has 0 bridgehead atoms. The lowest BCUT2D eigenvalue weighted by Crippen LogP contribution is -2.28. The molecule has 0 aromatic heterocycles. The topological polar surface area (TPSA) is 29.5 Å². The summed E-state index contributed by atoms with van der Waals surface area (Å²) in [5, 5.41) is 9.73. The van der Waals surface area contributed by atoms with Gasteiger partial charge in [0.25, 0.3) is 0 Å². The van der Waals surface area contributed by atoms with Gasteiger partial charge in [-0.25, -0.2) is 0 Å². The van der Waals surface area contributed by atoms with Gasteiger partial charge >= 0.3 is 0 Å². The number of aliphatic hydroxyl groups is 1. The SMILES string of the molecule is C=CC(C)(C)OC(O)CCCCCCC(C)(C)C. The van der Waals surface area contributed by atoms with E-state index < -0.39 is 11.9 Å². The molecule has 0 aliphatic carbocycles. The number of hydrogen-bond acceptors (Lipinski definition) is 2. The monoisotopic (exact) mass is 256 g/mol. The van der Waals surface area contributed by atoms with Crippen molar-refractivity contribution in [2.75, 3.05) is 0 Å². The van der Waals surface area contributed by atoms with E-state index in [1.54, 1.807) is 6.08 Å². The van der Waals surface area contributed by atoms with Crippen LogP contribution in [0.5, 0.6) is 0 Å². The van der Waals surface area contributed by atoms with Crippen LogP contribution < -0.4 is 0 Å². The van der Waals surface area contributed by atoms with Crippen LogP contribution in [0.15, 0.2) is 12.7 Å². The van der Waals surface area contributed by atoms with Gasteiger partial charge in [-0.3, -0.25) is 0 Å². The molecule has 1 N–H and O–H groups in total. The van der Waals surface area contributed by atoms with Gasteiger partial charge in [0.05, 0.1) is 5.60 Å². The van der Waals surface area contributed by atoms with Gasteiger partial charge in [0.2, 0.25) is 0 Å². The van der Waals surface area contributed by atoms with Crippen LogP contribution >= 0.6 is 0 Å². The summed E-state index contributed by atoms with van der Waals surface area (Å²) in [6, 6.07) is 0. The third-order valence-electron chi connectivity index (χ3n) is 3.06. The van der Waals surface area contributed by atoms with Gasteiger partial charge in [-0.2, -0.15) is 0 Å². The third-order valence-corrected chi connectivity index (χ3v) is 3.06. The van der Waals surface area contributed by atoms with Crippen LogP contribution in [-0.2, 0) is 4.74 Å². The van der Waals surface area contributed by atoms with Crippen LogP contribution in [0.1, 0.15) is 73.1 Å². The summed E-state index contributed by atoms with van der Waals surface area (Å²) in [6.45, 7) is 14.4. The van der Waals surface area contributed by atoms with Gasteiger partial charge in [0.1, 0.15) is 0 Å². The van der Waals surface area contributed by atoms with Crippen molar-refractivity contribution in [1.82, 2.24) is 0 Å². The molecule has 0 fully saturated rings. The van der Waals surface area contributed by atoms with E-state index in [2.05, 4.69) is 27.4 Å². The Morgan fingerprint density at radius 2 is 1.61 bits per heavy atom. The van der Waals surface area contributed by atoms with Crippen LogP contribution in [0.4, 0.5) is 0 Å². The van der Waals surface area contributed by atoms with Crippen molar-refractivity contribution in [3.8, 4) is 0 Å². The van der Waals surface area contributed by atoms with Crippen molar-refractivity contribution in [3.63, 3.8) is 0 Å². The molecule has 1 unspecified atom stereocenters. The van der Waals surface area contributed by atoms with Crippen LogP contribution in [0.3, 0.4) is 0 Å². The van der Waals surface area contributed by atoms with Crippen molar-refractivity contribution in [2.45, 2.75) is 85.0 Å². The molecule has 0 rings (SSSR count). The largest absolute Gasteiger partial charge is 0.368 e. The van der Waals surface area contributed by atoms with Crippen molar-refractivity contribution >= 4 is 0 Å². The smallest absolute Gasteiger partial charge is 0.155 e. The fraction of sp³-hybridized carbons (Fsp3) is 0.875. The maximum Gasteiger partial charge on any atom is 0.155 e. The Labute approximate surface area is 113 Å². The molecule has 0 radical (unpaired) electrons. The maximum absolute atomic E-state index is 9.73. The summed E-state index contributed by atoms with van der Waals surface area (Å²) in [7, 11) is 0. The van der Waals surface area contributed by atoms with E-state index in [9.17, 15) is 5.11 Å². The molecule has 0 saturated carbocycles. The molecular weight excluding hydrogens is 224 g/mol. The standard InChI is InChI=1S/C16H32O2/c1-7-16(5,6)18-14(17)12-10-8-9-11-13-15(2,3)4/h7,14,17H,1,8-13H2,2-6H3. The van der Waals surface area contributed by atoms with E-state index in [1.807, 2.05) is 13.8 Å². The predicted molar refractivity (Wildman–Crippen MR) is 78.5 cm³/mol. The molecule has 0 amide bonds. The minimum absolute atomic E-state index is 0.439. The number of rotatable bonds is 9. The van der Waals surface area contributed by atoms with E-state index in [0.717, 1.165) is 6.42 Å². The molecule has 108 valence electrons. The zero-order chi connectivity index (χ0) is 14.2. The quantitative estimate of drug-likeness (QED) is 0.369. The fourth-order valence-electron chi connectivity index (χ4n) is 1.79. The highest BCUT2D eigenvalue weighted by atomic mass is 16.6. The van der Waals surface area contributed by atoms with Crippen LogP contribution in [0.25, 0.3) is 0 Å². The van der Waals surface area contributed by atoms with E-state index in [0.29, 0.717) is 11.8 Å². The van der Waals surface area contributed by atoms with E-state index in [1.165, 1.54) is 25.7 Å². The second kappa shape index (κ2) is 7.96. The highest BCUT2D eigenvalue weighted by Gasteiger charge is 2.18. The molecule has 0 aliphatic rings. The number of ether oxygens (including phenoxy) is 1. The molecule has 0 heterocycles. The molecule has 0 spiro atoms. The number of unbranched alkanes of at least 4 members (excludes halogenated alkanes) is 3. The highest BCUT2D eigenvalue weighted by molar-refractivity contribution is 4.89. The lowest BCUT2D eigenvalue weighted by Gasteiger charge is -2.24. The summed E-state index contributed by atoms with van der Waals surface area (Å²) in [6.07, 6.45) is 7.76. The maximum atomic E-state index is 9.73. The molecule has 1 atom stereocenters. The van der Waals surface area contributed by atoms with Gasteiger partial charge in [-0.05, 0) is 38.5 Å². The van der Waals surface area contributed by atoms with Gasteiger partial charge in [-0.15, -0.1) is 6.58 Å². The Balaban J connectivity index is 3.52. The fourth-order valence-corrected chi connectivity index (χ4v) is 1.79. The highest BCUT2D eigenvalue weighted by Crippen LogP contribution is 2.23. The second-order valence-electron chi connectivity index (χ2n) is 6.89. The Morgan fingerprint density at radius 1 is 1.06 bits per heavy atom. The van der Waals surface area contributed by atoms with Gasteiger partial charge in [-0.1, -0.05) is 46.1 Å². The van der Waals surface area contributed by atoms with E-state index >= 15 is 0 Å². The average Bonchev–Trinajstić information content (AvgIpc) is 2.21. The Kier molecular flexibility index (Phi) is 7.81.